The van der Waals surface area contributed by atoms with Crippen LogP contribution in [0.25, 0.3) is 0 Å². The zero-order valence-electron chi connectivity index (χ0n) is 11.4. The maximum absolute atomic E-state index is 3.58. The molecule has 0 aromatic rings. The second-order valence-electron chi connectivity index (χ2n) is 6.96. The molecule has 2 bridgehead atoms. The molecule has 0 aromatic carbocycles. The Bertz CT molecular complexity index is 235. The van der Waals surface area contributed by atoms with Gasteiger partial charge in [-0.2, -0.15) is 0 Å². The van der Waals surface area contributed by atoms with E-state index in [1.54, 1.807) is 0 Å². The Morgan fingerprint density at radius 2 is 2.06 bits per heavy atom. The van der Waals surface area contributed by atoms with Gasteiger partial charge in [-0.15, -0.1) is 0 Å². The SMILES string of the molecule is CC(C)NCC(C)(C)CN1CC2CCC1C2. The third kappa shape index (κ3) is 2.98. The van der Waals surface area contributed by atoms with E-state index in [-0.39, 0.29) is 0 Å². The van der Waals surface area contributed by atoms with Crippen LogP contribution in [0, 0.1) is 11.3 Å². The van der Waals surface area contributed by atoms with Gasteiger partial charge in [0.25, 0.3) is 0 Å². The summed E-state index contributed by atoms with van der Waals surface area (Å²) in [7, 11) is 0. The number of hydrogen-bond acceptors (Lipinski definition) is 2. The van der Waals surface area contributed by atoms with Gasteiger partial charge in [-0.1, -0.05) is 27.7 Å². The highest BCUT2D eigenvalue weighted by Crippen LogP contribution is 2.38. The fourth-order valence-electron chi connectivity index (χ4n) is 3.31. The molecule has 1 aliphatic heterocycles. The molecule has 2 nitrogen and oxygen atoms in total. The molecule has 0 spiro atoms. The first kappa shape index (κ1) is 12.4. The number of nitrogens with one attached hydrogen (secondary N) is 1. The number of rotatable bonds is 5. The average molecular weight is 224 g/mol. The largest absolute Gasteiger partial charge is 0.314 e. The van der Waals surface area contributed by atoms with E-state index >= 15 is 0 Å². The fraction of sp³-hybridized carbons (Fsp3) is 1.00. The van der Waals surface area contributed by atoms with Crippen molar-refractivity contribution in [3.63, 3.8) is 0 Å². The van der Waals surface area contributed by atoms with E-state index in [2.05, 4.69) is 37.9 Å². The van der Waals surface area contributed by atoms with Gasteiger partial charge in [0.15, 0.2) is 0 Å². The molecule has 16 heavy (non-hydrogen) atoms. The number of piperidine rings is 1. The van der Waals surface area contributed by atoms with Crippen molar-refractivity contribution >= 4 is 0 Å². The summed E-state index contributed by atoms with van der Waals surface area (Å²) < 4.78 is 0. The molecule has 2 unspecified atom stereocenters. The number of likely N-dealkylation sites (tertiary alicyclic amines) is 1. The van der Waals surface area contributed by atoms with Crippen molar-refractivity contribution in [1.82, 2.24) is 10.2 Å². The van der Waals surface area contributed by atoms with Crippen LogP contribution in [-0.2, 0) is 0 Å². The van der Waals surface area contributed by atoms with Crippen molar-refractivity contribution in [2.45, 2.75) is 59.0 Å². The predicted octanol–water partition coefficient (Wildman–Crippen LogP) is 2.49. The minimum atomic E-state index is 0.411. The van der Waals surface area contributed by atoms with Crippen LogP contribution >= 0.6 is 0 Å². The molecule has 0 radical (unpaired) electrons. The zero-order chi connectivity index (χ0) is 11.8. The van der Waals surface area contributed by atoms with Crippen LogP contribution in [-0.4, -0.2) is 36.6 Å². The van der Waals surface area contributed by atoms with Crippen molar-refractivity contribution in [3.05, 3.63) is 0 Å². The Labute approximate surface area is 101 Å². The topological polar surface area (TPSA) is 15.3 Å². The molecule has 2 atom stereocenters. The van der Waals surface area contributed by atoms with E-state index in [1.165, 1.54) is 32.4 Å². The van der Waals surface area contributed by atoms with E-state index in [0.29, 0.717) is 11.5 Å². The van der Waals surface area contributed by atoms with Gasteiger partial charge in [-0.25, -0.2) is 0 Å². The highest BCUT2D eigenvalue weighted by molar-refractivity contribution is 4.94. The normalized spacial score (nSPS) is 30.6. The summed E-state index contributed by atoms with van der Waals surface area (Å²) >= 11 is 0. The first-order valence-electron chi connectivity index (χ1n) is 6.94. The predicted molar refractivity (Wildman–Crippen MR) is 69.6 cm³/mol. The van der Waals surface area contributed by atoms with E-state index < -0.39 is 0 Å². The maximum atomic E-state index is 3.58. The van der Waals surface area contributed by atoms with E-state index in [9.17, 15) is 0 Å². The highest BCUT2D eigenvalue weighted by atomic mass is 15.2. The lowest BCUT2D eigenvalue weighted by Gasteiger charge is -2.35. The first-order chi connectivity index (χ1) is 7.46. The Morgan fingerprint density at radius 1 is 1.31 bits per heavy atom. The molecule has 1 aliphatic carbocycles. The summed E-state index contributed by atoms with van der Waals surface area (Å²) in [5.74, 6) is 1.03. The van der Waals surface area contributed by atoms with E-state index in [0.717, 1.165) is 18.5 Å². The zero-order valence-corrected chi connectivity index (χ0v) is 11.4. The Hall–Kier alpha value is -0.0800. The van der Waals surface area contributed by atoms with Crippen LogP contribution in [0.2, 0.25) is 0 Å². The number of hydrogen-bond donors (Lipinski definition) is 1. The quantitative estimate of drug-likeness (QED) is 0.772. The third-order valence-corrected chi connectivity index (χ3v) is 4.14. The second kappa shape index (κ2) is 4.66. The van der Waals surface area contributed by atoms with Crippen molar-refractivity contribution in [2.75, 3.05) is 19.6 Å². The summed E-state index contributed by atoms with van der Waals surface area (Å²) in [4.78, 5) is 2.75. The maximum Gasteiger partial charge on any atom is 0.00988 e. The van der Waals surface area contributed by atoms with Gasteiger partial charge in [-0.3, -0.25) is 4.90 Å². The lowest BCUT2D eigenvalue weighted by Crippen LogP contribution is -2.44. The smallest absolute Gasteiger partial charge is 0.00988 e. The number of nitrogens with zero attached hydrogens (tertiary/aromatic N) is 1. The highest BCUT2D eigenvalue weighted by Gasteiger charge is 2.39. The monoisotopic (exact) mass is 224 g/mol. The molecule has 1 saturated carbocycles. The molecular formula is C14H28N2. The van der Waals surface area contributed by atoms with Gasteiger partial charge >= 0.3 is 0 Å². The fourth-order valence-corrected chi connectivity index (χ4v) is 3.31. The van der Waals surface area contributed by atoms with Gasteiger partial charge < -0.3 is 5.32 Å². The summed E-state index contributed by atoms with van der Waals surface area (Å²) in [6.07, 6.45) is 4.43. The standard InChI is InChI=1S/C14H28N2/c1-11(2)15-9-14(3,4)10-16-8-12-5-6-13(16)7-12/h11-13,15H,5-10H2,1-4H3. The second-order valence-corrected chi connectivity index (χ2v) is 6.96. The molecule has 1 heterocycles. The van der Waals surface area contributed by atoms with Crippen molar-refractivity contribution < 1.29 is 0 Å². The molecule has 2 fully saturated rings. The van der Waals surface area contributed by atoms with Gasteiger partial charge in [0.1, 0.15) is 0 Å². The molecular weight excluding hydrogens is 196 g/mol. The van der Waals surface area contributed by atoms with Crippen LogP contribution < -0.4 is 5.32 Å². The van der Waals surface area contributed by atoms with E-state index in [1.807, 2.05) is 0 Å². The lowest BCUT2D eigenvalue weighted by molar-refractivity contribution is 0.138. The molecule has 2 aliphatic rings. The first-order valence-corrected chi connectivity index (χ1v) is 6.94. The Balaban J connectivity index is 1.79. The molecule has 2 heteroatoms. The third-order valence-electron chi connectivity index (χ3n) is 4.14. The van der Waals surface area contributed by atoms with Gasteiger partial charge in [-0.05, 0) is 30.6 Å². The average Bonchev–Trinajstić information content (AvgIpc) is 2.75. The summed E-state index contributed by atoms with van der Waals surface area (Å²) in [6, 6.07) is 1.53. The molecule has 1 N–H and O–H groups in total. The molecule has 1 saturated heterocycles. The van der Waals surface area contributed by atoms with Gasteiger partial charge in [0.2, 0.25) is 0 Å². The van der Waals surface area contributed by atoms with Crippen LogP contribution in [0.4, 0.5) is 0 Å². The lowest BCUT2D eigenvalue weighted by atomic mass is 9.91. The molecule has 2 rings (SSSR count). The van der Waals surface area contributed by atoms with Crippen LogP contribution in [0.1, 0.15) is 47.0 Å². The van der Waals surface area contributed by atoms with E-state index in [4.69, 9.17) is 0 Å². The van der Waals surface area contributed by atoms with Crippen LogP contribution in [0.15, 0.2) is 0 Å². The summed E-state index contributed by atoms with van der Waals surface area (Å²) in [5, 5.41) is 3.58. The summed E-state index contributed by atoms with van der Waals surface area (Å²) in [6.45, 7) is 13.0. The van der Waals surface area contributed by atoms with Crippen molar-refractivity contribution in [3.8, 4) is 0 Å². The minimum Gasteiger partial charge on any atom is -0.314 e. The Morgan fingerprint density at radius 3 is 2.56 bits per heavy atom. The van der Waals surface area contributed by atoms with Crippen molar-refractivity contribution in [2.24, 2.45) is 11.3 Å². The van der Waals surface area contributed by atoms with Crippen LogP contribution in [0.5, 0.6) is 0 Å². The Kier molecular flexibility index (Phi) is 3.60. The minimum absolute atomic E-state index is 0.411. The van der Waals surface area contributed by atoms with Gasteiger partial charge in [0.05, 0.1) is 0 Å². The molecule has 0 amide bonds. The van der Waals surface area contributed by atoms with Crippen LogP contribution in [0.3, 0.4) is 0 Å². The van der Waals surface area contributed by atoms with Crippen molar-refractivity contribution in [1.29, 1.82) is 0 Å². The molecule has 0 aromatic heterocycles. The molecule has 94 valence electrons. The van der Waals surface area contributed by atoms with Gasteiger partial charge in [0, 0.05) is 31.7 Å². The number of fused-ring (bicyclic) bond motifs is 2. The summed E-state index contributed by atoms with van der Waals surface area (Å²) in [5.41, 5.74) is 0.411.